The van der Waals surface area contributed by atoms with E-state index in [4.69, 9.17) is 16.7 Å². The summed E-state index contributed by atoms with van der Waals surface area (Å²) in [6.45, 7) is 3.93. The van der Waals surface area contributed by atoms with Crippen molar-refractivity contribution in [2.45, 2.75) is 18.7 Å². The molecule has 0 radical (unpaired) electrons. The summed E-state index contributed by atoms with van der Waals surface area (Å²) in [5.41, 5.74) is -0.00345. The Labute approximate surface area is 102 Å². The van der Waals surface area contributed by atoms with Crippen LogP contribution in [-0.2, 0) is 10.8 Å². The summed E-state index contributed by atoms with van der Waals surface area (Å²) in [4.78, 5) is 11.3. The first-order chi connectivity index (χ1) is 7.41. The number of carbonyl (C=O) groups is 1. The molecule has 0 saturated heterocycles. The van der Waals surface area contributed by atoms with E-state index in [1.807, 2.05) is 13.8 Å². The zero-order valence-electron chi connectivity index (χ0n) is 9.07. The van der Waals surface area contributed by atoms with Gasteiger partial charge in [-0.2, -0.15) is 0 Å². The maximum Gasteiger partial charge on any atom is 0.337 e. The lowest BCUT2D eigenvalue weighted by Gasteiger charge is -2.06. The average molecular weight is 261 g/mol. The van der Waals surface area contributed by atoms with E-state index in [2.05, 4.69) is 0 Å². The molecular formula is C11H13ClO3S. The molecule has 0 bridgehead atoms. The molecule has 1 aromatic carbocycles. The second-order valence-corrected chi connectivity index (χ2v) is 5.76. The van der Waals surface area contributed by atoms with Gasteiger partial charge in [0.1, 0.15) is 0 Å². The molecule has 0 heterocycles. The molecule has 0 amide bonds. The molecule has 3 nitrogen and oxygen atoms in total. The molecule has 1 N–H and O–H groups in total. The second kappa shape index (κ2) is 5.46. The van der Waals surface area contributed by atoms with Crippen LogP contribution in [-0.4, -0.2) is 21.0 Å². The summed E-state index contributed by atoms with van der Waals surface area (Å²) in [6, 6.07) is 4.45. The van der Waals surface area contributed by atoms with E-state index in [1.54, 1.807) is 6.07 Å². The predicted octanol–water partition coefficient (Wildman–Crippen LogP) is 2.80. The molecule has 1 unspecified atom stereocenters. The van der Waals surface area contributed by atoms with Gasteiger partial charge >= 0.3 is 5.97 Å². The minimum atomic E-state index is -1.17. The summed E-state index contributed by atoms with van der Waals surface area (Å²) in [6.07, 6.45) is 0. The molecule has 1 rings (SSSR count). The van der Waals surface area contributed by atoms with Crippen LogP contribution in [0.3, 0.4) is 0 Å². The Morgan fingerprint density at radius 2 is 2.12 bits per heavy atom. The molecule has 0 aliphatic carbocycles. The van der Waals surface area contributed by atoms with Crippen LogP contribution in [0.15, 0.2) is 23.1 Å². The quantitative estimate of drug-likeness (QED) is 0.906. The summed E-state index contributed by atoms with van der Waals surface area (Å²) in [7, 11) is -1.17. The highest BCUT2D eigenvalue weighted by Gasteiger charge is 2.13. The fourth-order valence-corrected chi connectivity index (χ4v) is 2.67. The van der Waals surface area contributed by atoms with Crippen LogP contribution in [0.1, 0.15) is 24.2 Å². The molecule has 0 aliphatic heterocycles. The topological polar surface area (TPSA) is 54.4 Å². The molecule has 88 valence electrons. The van der Waals surface area contributed by atoms with E-state index in [0.717, 1.165) is 0 Å². The van der Waals surface area contributed by atoms with Gasteiger partial charge in [-0.1, -0.05) is 25.4 Å². The SMILES string of the molecule is CC(C)CS(=O)c1ccc(Cl)c(C(=O)O)c1. The zero-order chi connectivity index (χ0) is 12.3. The van der Waals surface area contributed by atoms with Crippen molar-refractivity contribution >= 4 is 28.4 Å². The van der Waals surface area contributed by atoms with E-state index in [9.17, 15) is 9.00 Å². The summed E-state index contributed by atoms with van der Waals surface area (Å²) >= 11 is 5.72. The third kappa shape index (κ3) is 3.32. The standard InChI is InChI=1S/C11H13ClO3S/c1-7(2)6-16(15)8-3-4-10(12)9(5-8)11(13)14/h3-5,7H,6H2,1-2H3,(H,13,14). The molecule has 16 heavy (non-hydrogen) atoms. The lowest BCUT2D eigenvalue weighted by Crippen LogP contribution is -2.06. The molecule has 0 aliphatic rings. The van der Waals surface area contributed by atoms with E-state index in [-0.39, 0.29) is 10.6 Å². The van der Waals surface area contributed by atoms with E-state index >= 15 is 0 Å². The molecule has 0 saturated carbocycles. The highest BCUT2D eigenvalue weighted by Crippen LogP contribution is 2.20. The molecule has 5 heteroatoms. The van der Waals surface area contributed by atoms with Crippen molar-refractivity contribution < 1.29 is 14.1 Å². The highest BCUT2D eigenvalue weighted by atomic mass is 35.5. The van der Waals surface area contributed by atoms with Crippen molar-refractivity contribution in [1.29, 1.82) is 0 Å². The van der Waals surface area contributed by atoms with E-state index in [1.165, 1.54) is 12.1 Å². The molecule has 0 fully saturated rings. The predicted molar refractivity (Wildman–Crippen MR) is 64.5 cm³/mol. The van der Waals surface area contributed by atoms with Crippen molar-refractivity contribution in [2.75, 3.05) is 5.75 Å². The number of rotatable bonds is 4. The Morgan fingerprint density at radius 3 is 2.62 bits per heavy atom. The Kier molecular flexibility index (Phi) is 4.50. The summed E-state index contributed by atoms with van der Waals surface area (Å²) in [5, 5.41) is 9.03. The fourth-order valence-electron chi connectivity index (χ4n) is 1.21. The zero-order valence-corrected chi connectivity index (χ0v) is 10.6. The number of carboxylic acid groups (broad SMARTS) is 1. The summed E-state index contributed by atoms with van der Waals surface area (Å²) < 4.78 is 11.8. The first-order valence-electron chi connectivity index (χ1n) is 4.83. The Morgan fingerprint density at radius 1 is 1.50 bits per heavy atom. The summed E-state index contributed by atoms with van der Waals surface area (Å²) in [5.74, 6) is -0.293. The molecule has 1 aromatic rings. The van der Waals surface area contributed by atoms with Crippen molar-refractivity contribution in [2.24, 2.45) is 5.92 Å². The lowest BCUT2D eigenvalue weighted by molar-refractivity contribution is 0.0697. The van der Waals surface area contributed by atoms with Crippen molar-refractivity contribution in [3.8, 4) is 0 Å². The van der Waals surface area contributed by atoms with Crippen LogP contribution < -0.4 is 0 Å². The maximum atomic E-state index is 11.8. The minimum Gasteiger partial charge on any atom is -0.478 e. The first-order valence-corrected chi connectivity index (χ1v) is 6.52. The van der Waals surface area contributed by atoms with Gasteiger partial charge < -0.3 is 5.11 Å². The minimum absolute atomic E-state index is 0.00345. The number of hydrogen-bond acceptors (Lipinski definition) is 2. The van der Waals surface area contributed by atoms with Gasteiger partial charge in [-0.05, 0) is 24.1 Å². The molecular weight excluding hydrogens is 248 g/mol. The van der Waals surface area contributed by atoms with Gasteiger partial charge in [0.2, 0.25) is 0 Å². The van der Waals surface area contributed by atoms with Crippen molar-refractivity contribution in [3.63, 3.8) is 0 Å². The number of aromatic carboxylic acids is 1. The largest absolute Gasteiger partial charge is 0.478 e. The maximum absolute atomic E-state index is 11.8. The van der Waals surface area contributed by atoms with Gasteiger partial charge in [0.05, 0.1) is 21.4 Å². The monoisotopic (exact) mass is 260 g/mol. The van der Waals surface area contributed by atoms with Crippen LogP contribution in [0.25, 0.3) is 0 Å². The molecule has 0 aromatic heterocycles. The van der Waals surface area contributed by atoms with Gasteiger partial charge in [0.15, 0.2) is 0 Å². The average Bonchev–Trinajstić information content (AvgIpc) is 2.16. The lowest BCUT2D eigenvalue weighted by atomic mass is 10.2. The second-order valence-electron chi connectivity index (χ2n) is 3.85. The highest BCUT2D eigenvalue weighted by molar-refractivity contribution is 7.85. The normalized spacial score (nSPS) is 12.8. The Bertz CT molecular complexity index is 429. The van der Waals surface area contributed by atoms with Crippen LogP contribution in [0.5, 0.6) is 0 Å². The molecule has 0 spiro atoms. The van der Waals surface area contributed by atoms with Gasteiger partial charge in [0, 0.05) is 10.6 Å². The number of benzene rings is 1. The van der Waals surface area contributed by atoms with E-state index in [0.29, 0.717) is 16.6 Å². The van der Waals surface area contributed by atoms with Crippen molar-refractivity contribution in [3.05, 3.63) is 28.8 Å². The Balaban J connectivity index is 3.03. The van der Waals surface area contributed by atoms with E-state index < -0.39 is 16.8 Å². The van der Waals surface area contributed by atoms with Crippen LogP contribution in [0, 0.1) is 5.92 Å². The number of carboxylic acids is 1. The van der Waals surface area contributed by atoms with Crippen LogP contribution in [0.4, 0.5) is 0 Å². The van der Waals surface area contributed by atoms with Crippen molar-refractivity contribution in [1.82, 2.24) is 0 Å². The Hall–Kier alpha value is -0.870. The van der Waals surface area contributed by atoms with Gasteiger partial charge in [-0.3, -0.25) is 4.21 Å². The van der Waals surface area contributed by atoms with Gasteiger partial charge in [-0.15, -0.1) is 0 Å². The third-order valence-electron chi connectivity index (χ3n) is 1.92. The van der Waals surface area contributed by atoms with Crippen LogP contribution >= 0.6 is 11.6 Å². The third-order valence-corrected chi connectivity index (χ3v) is 3.99. The first kappa shape index (κ1) is 13.2. The fraction of sp³-hybridized carbons (Fsp3) is 0.364. The van der Waals surface area contributed by atoms with Gasteiger partial charge in [0.25, 0.3) is 0 Å². The van der Waals surface area contributed by atoms with Gasteiger partial charge in [-0.25, -0.2) is 4.79 Å². The smallest absolute Gasteiger partial charge is 0.337 e. The van der Waals surface area contributed by atoms with Crippen LogP contribution in [0.2, 0.25) is 5.02 Å². The molecule has 1 atom stereocenters. The number of hydrogen-bond donors (Lipinski definition) is 1. The number of halogens is 1.